The molecule has 0 aromatic heterocycles. The molecule has 4 heteroatoms. The SMILES string of the molecule is CC(C)(C)[S@@](=O)N=CCN(Cc1ccccc1)Cc1ccccc1. The van der Waals surface area contributed by atoms with Gasteiger partial charge in [-0.15, -0.1) is 0 Å². The van der Waals surface area contributed by atoms with E-state index < -0.39 is 11.0 Å². The molecule has 2 rings (SSSR count). The van der Waals surface area contributed by atoms with Gasteiger partial charge in [0.15, 0.2) is 0 Å². The average Bonchev–Trinajstić information content (AvgIpc) is 2.55. The Labute approximate surface area is 148 Å². The Morgan fingerprint density at radius 2 is 1.38 bits per heavy atom. The maximum Gasteiger partial charge on any atom is 0.144 e. The number of rotatable bonds is 7. The molecule has 0 radical (unpaired) electrons. The summed E-state index contributed by atoms with van der Waals surface area (Å²) >= 11 is 0. The molecule has 0 saturated carbocycles. The van der Waals surface area contributed by atoms with Gasteiger partial charge in [-0.2, -0.15) is 4.40 Å². The van der Waals surface area contributed by atoms with Crippen LogP contribution in [0.5, 0.6) is 0 Å². The first kappa shape index (κ1) is 18.6. The lowest BCUT2D eigenvalue weighted by atomic mass is 10.1. The topological polar surface area (TPSA) is 32.7 Å². The van der Waals surface area contributed by atoms with E-state index in [9.17, 15) is 4.21 Å². The van der Waals surface area contributed by atoms with Gasteiger partial charge < -0.3 is 0 Å². The summed E-state index contributed by atoms with van der Waals surface area (Å²) in [4.78, 5) is 2.30. The maximum atomic E-state index is 12.1. The van der Waals surface area contributed by atoms with Crippen LogP contribution in [0.3, 0.4) is 0 Å². The quantitative estimate of drug-likeness (QED) is 0.706. The fourth-order valence-corrected chi connectivity index (χ4v) is 2.76. The third-order valence-corrected chi connectivity index (χ3v) is 4.92. The molecule has 0 aliphatic rings. The fraction of sp³-hybridized carbons (Fsp3) is 0.350. The minimum Gasteiger partial charge on any atom is -0.290 e. The van der Waals surface area contributed by atoms with Crippen LogP contribution in [0.2, 0.25) is 0 Å². The van der Waals surface area contributed by atoms with Gasteiger partial charge in [-0.3, -0.25) is 4.90 Å². The maximum absolute atomic E-state index is 12.1. The second-order valence-corrected chi connectivity index (χ2v) is 8.72. The molecule has 0 heterocycles. The van der Waals surface area contributed by atoms with Gasteiger partial charge >= 0.3 is 0 Å². The molecule has 0 saturated heterocycles. The van der Waals surface area contributed by atoms with Gasteiger partial charge in [-0.05, 0) is 31.9 Å². The van der Waals surface area contributed by atoms with Crippen LogP contribution in [0.4, 0.5) is 0 Å². The lowest BCUT2D eigenvalue weighted by molar-refractivity contribution is 0.297. The van der Waals surface area contributed by atoms with Crippen molar-refractivity contribution < 1.29 is 4.21 Å². The highest BCUT2D eigenvalue weighted by Gasteiger charge is 2.18. The predicted molar refractivity (Wildman–Crippen MR) is 103 cm³/mol. The monoisotopic (exact) mass is 342 g/mol. The van der Waals surface area contributed by atoms with E-state index in [1.165, 1.54) is 11.1 Å². The number of nitrogens with zero attached hydrogens (tertiary/aromatic N) is 2. The summed E-state index contributed by atoms with van der Waals surface area (Å²) in [6.45, 7) is 8.16. The largest absolute Gasteiger partial charge is 0.290 e. The zero-order valence-electron chi connectivity index (χ0n) is 14.7. The fourth-order valence-electron chi connectivity index (χ4n) is 2.24. The van der Waals surface area contributed by atoms with Crippen LogP contribution in [-0.4, -0.2) is 26.6 Å². The van der Waals surface area contributed by atoms with Crippen LogP contribution in [0.25, 0.3) is 0 Å². The molecule has 0 unspecified atom stereocenters. The van der Waals surface area contributed by atoms with Crippen molar-refractivity contribution in [2.75, 3.05) is 6.54 Å². The highest BCUT2D eigenvalue weighted by Crippen LogP contribution is 2.12. The predicted octanol–water partition coefficient (Wildman–Crippen LogP) is 4.22. The Morgan fingerprint density at radius 3 is 1.79 bits per heavy atom. The number of hydrogen-bond acceptors (Lipinski definition) is 2. The van der Waals surface area contributed by atoms with Crippen molar-refractivity contribution in [1.82, 2.24) is 4.90 Å². The van der Waals surface area contributed by atoms with Crippen molar-refractivity contribution in [2.45, 2.75) is 38.6 Å². The Bertz CT molecular complexity index is 622. The smallest absolute Gasteiger partial charge is 0.144 e. The second-order valence-electron chi connectivity index (χ2n) is 6.79. The molecule has 128 valence electrons. The average molecular weight is 343 g/mol. The molecule has 24 heavy (non-hydrogen) atoms. The summed E-state index contributed by atoms with van der Waals surface area (Å²) in [6.07, 6.45) is 1.78. The van der Waals surface area contributed by atoms with E-state index in [0.717, 1.165) is 13.1 Å². The zero-order valence-corrected chi connectivity index (χ0v) is 15.5. The Hall–Kier alpha value is -1.78. The Balaban J connectivity index is 2.05. The Kier molecular flexibility index (Phi) is 6.88. The first-order chi connectivity index (χ1) is 11.4. The molecular weight excluding hydrogens is 316 g/mol. The third kappa shape index (κ3) is 6.38. The Morgan fingerprint density at radius 1 is 0.917 bits per heavy atom. The van der Waals surface area contributed by atoms with E-state index in [0.29, 0.717) is 6.54 Å². The first-order valence-electron chi connectivity index (χ1n) is 8.20. The molecule has 0 bridgehead atoms. The summed E-state index contributed by atoms with van der Waals surface area (Å²) in [5.41, 5.74) is 2.53. The third-order valence-electron chi connectivity index (χ3n) is 3.53. The zero-order chi connectivity index (χ0) is 17.4. The summed E-state index contributed by atoms with van der Waals surface area (Å²) in [5, 5.41) is 0. The normalized spacial score (nSPS) is 13.5. The molecule has 2 aromatic rings. The molecule has 2 aromatic carbocycles. The molecule has 0 aliphatic heterocycles. The van der Waals surface area contributed by atoms with Crippen LogP contribution in [0.1, 0.15) is 31.9 Å². The molecule has 0 aliphatic carbocycles. The van der Waals surface area contributed by atoms with E-state index in [1.807, 2.05) is 32.9 Å². The van der Waals surface area contributed by atoms with Crippen LogP contribution < -0.4 is 0 Å². The van der Waals surface area contributed by atoms with Gasteiger partial charge in [-0.25, -0.2) is 4.21 Å². The van der Waals surface area contributed by atoms with Crippen molar-refractivity contribution in [2.24, 2.45) is 4.40 Å². The summed E-state index contributed by atoms with van der Waals surface area (Å²) in [5.74, 6) is 0. The minimum atomic E-state index is -1.20. The van der Waals surface area contributed by atoms with Gasteiger partial charge in [-0.1, -0.05) is 60.7 Å². The van der Waals surface area contributed by atoms with Crippen LogP contribution >= 0.6 is 0 Å². The molecule has 1 atom stereocenters. The van der Waals surface area contributed by atoms with Gasteiger partial charge in [0.2, 0.25) is 0 Å². The van der Waals surface area contributed by atoms with Crippen molar-refractivity contribution in [3.8, 4) is 0 Å². The molecule has 0 fully saturated rings. The van der Waals surface area contributed by atoms with Gasteiger partial charge in [0.05, 0.1) is 4.75 Å². The number of benzene rings is 2. The van der Waals surface area contributed by atoms with Crippen molar-refractivity contribution >= 4 is 17.2 Å². The van der Waals surface area contributed by atoms with Gasteiger partial charge in [0.1, 0.15) is 11.0 Å². The molecular formula is C20H26N2OS. The summed E-state index contributed by atoms with van der Waals surface area (Å²) < 4.78 is 16.0. The van der Waals surface area contributed by atoms with E-state index in [-0.39, 0.29) is 4.75 Å². The standard InChI is InChI=1S/C20H26N2OS/c1-20(2,3)24(23)21-14-15-22(16-18-10-6-4-7-11-18)17-19-12-8-5-9-13-19/h4-14H,15-17H2,1-3H3/t24-/m1/s1. The first-order valence-corrected chi connectivity index (χ1v) is 9.30. The minimum absolute atomic E-state index is 0.319. The van der Waals surface area contributed by atoms with Crippen molar-refractivity contribution in [3.05, 3.63) is 71.8 Å². The van der Waals surface area contributed by atoms with Crippen LogP contribution in [0.15, 0.2) is 65.1 Å². The molecule has 3 nitrogen and oxygen atoms in total. The highest BCUT2D eigenvalue weighted by atomic mass is 32.2. The van der Waals surface area contributed by atoms with Gasteiger partial charge in [0, 0.05) is 25.8 Å². The van der Waals surface area contributed by atoms with E-state index >= 15 is 0 Å². The van der Waals surface area contributed by atoms with Crippen LogP contribution in [-0.2, 0) is 24.1 Å². The second kappa shape index (κ2) is 8.90. The molecule has 0 spiro atoms. The summed E-state index contributed by atoms with van der Waals surface area (Å²) in [7, 11) is -1.20. The van der Waals surface area contributed by atoms with Crippen molar-refractivity contribution in [3.63, 3.8) is 0 Å². The number of hydrogen-bond donors (Lipinski definition) is 0. The highest BCUT2D eigenvalue weighted by molar-refractivity contribution is 7.85. The van der Waals surface area contributed by atoms with Gasteiger partial charge in [0.25, 0.3) is 0 Å². The molecule has 0 amide bonds. The van der Waals surface area contributed by atoms with Crippen molar-refractivity contribution in [1.29, 1.82) is 0 Å². The van der Waals surface area contributed by atoms with Crippen LogP contribution in [0, 0.1) is 0 Å². The summed E-state index contributed by atoms with van der Waals surface area (Å²) in [6, 6.07) is 20.8. The van der Waals surface area contributed by atoms with E-state index in [2.05, 4.69) is 57.8 Å². The van der Waals surface area contributed by atoms with E-state index in [1.54, 1.807) is 6.21 Å². The lowest BCUT2D eigenvalue weighted by Crippen LogP contribution is -2.26. The lowest BCUT2D eigenvalue weighted by Gasteiger charge is -2.21. The molecule has 0 N–H and O–H groups in total. The van der Waals surface area contributed by atoms with E-state index in [4.69, 9.17) is 0 Å².